The molecule has 0 spiro atoms. The van der Waals surface area contributed by atoms with Crippen molar-refractivity contribution in [3.05, 3.63) is 203 Å². The quantitative estimate of drug-likeness (QED) is 0.149. The van der Waals surface area contributed by atoms with E-state index in [9.17, 15) is 0 Å². The van der Waals surface area contributed by atoms with Gasteiger partial charge in [-0.1, -0.05) is 186 Å². The number of rotatable bonds is 7. The number of benzene rings is 7. The first-order valence-electron chi connectivity index (χ1n) is 30.1. The molecule has 0 aliphatic heterocycles. The topological polar surface area (TPSA) is 38.9 Å². The Kier molecular flexibility index (Phi) is 9.12. The average Bonchev–Trinajstić information content (AvgIpc) is 2.66. The second-order valence-corrected chi connectivity index (χ2v) is 18.7. The number of hydrogen-bond acceptors (Lipinski definition) is 3. The van der Waals surface area contributed by atoms with Crippen molar-refractivity contribution >= 4 is 32.7 Å². The van der Waals surface area contributed by atoms with Gasteiger partial charge in [-0.25, -0.2) is 0 Å². The van der Waals surface area contributed by atoms with E-state index in [2.05, 4.69) is 22.1 Å². The number of fused-ring (bicyclic) bond motifs is 5. The van der Waals surface area contributed by atoms with E-state index in [1.807, 2.05) is 93.6 Å². The fourth-order valence-corrected chi connectivity index (χ4v) is 8.28. The Morgan fingerprint density at radius 2 is 1.21 bits per heavy atom. The van der Waals surface area contributed by atoms with Crippen LogP contribution in [0.5, 0.6) is 0 Å². The van der Waals surface area contributed by atoms with Crippen molar-refractivity contribution < 1.29 is 46.5 Å². The average molecular weight is 1080 g/mol. The largest absolute Gasteiger partial charge is 0.500 e. The fraction of sp³-hybridized carbons (Fsp3) is 0.219. The first-order valence-corrected chi connectivity index (χ1v) is 22.1. The van der Waals surface area contributed by atoms with Crippen LogP contribution in [0.1, 0.15) is 96.9 Å². The van der Waals surface area contributed by atoms with Gasteiger partial charge in [-0.15, -0.1) is 47.5 Å². The normalized spacial score (nSPS) is 16.3. The van der Waals surface area contributed by atoms with Crippen molar-refractivity contribution in [1.82, 2.24) is 9.97 Å². The molecular formula is C64H60IrN2O-2. The van der Waals surface area contributed by atoms with Crippen LogP contribution in [0.2, 0.25) is 0 Å². The zero-order valence-electron chi connectivity index (χ0n) is 54.6. The second kappa shape index (κ2) is 19.6. The summed E-state index contributed by atoms with van der Waals surface area (Å²) in [5, 5.41) is 3.63. The van der Waals surface area contributed by atoms with Gasteiger partial charge in [-0.05, 0) is 117 Å². The van der Waals surface area contributed by atoms with Crippen LogP contribution in [-0.4, -0.2) is 9.97 Å². The van der Waals surface area contributed by atoms with Gasteiger partial charge < -0.3 is 14.4 Å². The molecule has 7 aromatic carbocycles. The predicted octanol–water partition coefficient (Wildman–Crippen LogP) is 17.6. The summed E-state index contributed by atoms with van der Waals surface area (Å²) in [6.45, 7) is 0.418. The zero-order valence-corrected chi connectivity index (χ0v) is 41.0. The van der Waals surface area contributed by atoms with Crippen molar-refractivity contribution in [2.24, 2.45) is 10.8 Å². The molecular weight excluding hydrogens is 1000 g/mol. The maximum Gasteiger partial charge on any atom is 0.128 e. The fourth-order valence-electron chi connectivity index (χ4n) is 8.28. The van der Waals surface area contributed by atoms with Crippen molar-refractivity contribution in [3.8, 4) is 55.9 Å². The van der Waals surface area contributed by atoms with E-state index in [0.717, 1.165) is 27.1 Å². The molecule has 68 heavy (non-hydrogen) atoms. The van der Waals surface area contributed by atoms with E-state index >= 15 is 0 Å². The zero-order chi connectivity index (χ0) is 60.6. The first-order chi connectivity index (χ1) is 38.5. The van der Waals surface area contributed by atoms with Gasteiger partial charge in [0.2, 0.25) is 0 Å². The van der Waals surface area contributed by atoms with Gasteiger partial charge in [0.25, 0.3) is 0 Å². The summed E-state index contributed by atoms with van der Waals surface area (Å²) in [6, 6.07) is 48.2. The summed E-state index contributed by atoms with van der Waals surface area (Å²) in [4.78, 5) is 8.98. The van der Waals surface area contributed by atoms with Gasteiger partial charge in [0.15, 0.2) is 0 Å². The minimum absolute atomic E-state index is 0. The Morgan fingerprint density at radius 3 is 1.96 bits per heavy atom. The molecule has 3 aromatic heterocycles. The Balaban J connectivity index is 0.000000259. The number of hydrogen-bond donors (Lipinski definition) is 0. The molecule has 10 rings (SSSR count). The third kappa shape index (κ3) is 10.5. The molecule has 0 fully saturated rings. The van der Waals surface area contributed by atoms with E-state index in [4.69, 9.17) is 26.3 Å². The molecule has 0 aliphatic rings. The molecule has 0 saturated carbocycles. The van der Waals surface area contributed by atoms with Crippen LogP contribution in [-0.2, 0) is 32.9 Å². The van der Waals surface area contributed by atoms with Crippen LogP contribution < -0.4 is 0 Å². The molecule has 1 radical (unpaired) electrons. The van der Waals surface area contributed by atoms with Crippen LogP contribution in [0.3, 0.4) is 0 Å². The van der Waals surface area contributed by atoms with Gasteiger partial charge in [0, 0.05) is 65.2 Å². The minimum atomic E-state index is -2.75. The molecule has 343 valence electrons. The molecule has 0 saturated heterocycles. The van der Waals surface area contributed by atoms with Gasteiger partial charge in [-0.2, -0.15) is 0 Å². The van der Waals surface area contributed by atoms with E-state index in [1.165, 1.54) is 42.6 Å². The SMILES string of the molecule is [2H]C([2H])([2H])c1c[c-]c(-c2ccc(C([2H])([2H])C(C)(C)C)cn2)cc1-c1ccccc1.[2H]C([2H])([2H])c1cc(C([2H])([2H])C(C)(C)C)ccc1-c1ccc(-c2cc(-c3[c-]ccc4c3oc3c5ccccc5ccc43)ncc2C([2H])([2H])[2H])c(C([2H])([2H])[2H])c1.[Ir]. The maximum absolute atomic E-state index is 8.74. The summed E-state index contributed by atoms with van der Waals surface area (Å²) in [7, 11) is 0. The third-order valence-corrected chi connectivity index (χ3v) is 11.2. The van der Waals surface area contributed by atoms with Gasteiger partial charge in [0.05, 0.1) is 5.58 Å². The molecule has 4 heteroatoms. The van der Waals surface area contributed by atoms with Crippen LogP contribution in [0.15, 0.2) is 162 Å². The van der Waals surface area contributed by atoms with Crippen LogP contribution >= 0.6 is 0 Å². The number of pyridine rings is 2. The molecule has 10 aromatic rings. The minimum Gasteiger partial charge on any atom is -0.500 e. The van der Waals surface area contributed by atoms with Gasteiger partial charge in [-0.3, -0.25) is 0 Å². The molecule has 0 aliphatic carbocycles. The number of aryl methyl sites for hydroxylation is 4. The summed E-state index contributed by atoms with van der Waals surface area (Å²) >= 11 is 0. The van der Waals surface area contributed by atoms with E-state index < -0.39 is 51.0 Å². The van der Waals surface area contributed by atoms with Crippen molar-refractivity contribution in [2.45, 2.75) is 81.7 Å². The summed E-state index contributed by atoms with van der Waals surface area (Å²) in [5.41, 5.74) is 4.46. The van der Waals surface area contributed by atoms with Crippen LogP contribution in [0.4, 0.5) is 0 Å². The standard InChI is InChI=1S/C41H36NO.C23H24N.Ir/c1-25-20-28(23-41(4,5)6)14-17-31(25)30-16-18-32(26(2)21-30)37-22-38(42-24-27(37)3)36-13-9-12-34-35-19-15-29-10-7-8-11-33(29)39(35)43-40(34)36;1-17-10-12-20(14-21(17)19-8-6-5-7-9-19)22-13-11-18(16-24-22)15-23(2,3)4;/h7-12,14-22,24H,23H2,1-6H3;5-11,13-14,16H,15H2,1-4H3;/q2*-1;/i1D3,2D3,3D3,23D2;1D3,15D2;. The summed E-state index contributed by atoms with van der Waals surface area (Å²) in [6.07, 6.45) is -0.618. The Morgan fingerprint density at radius 1 is 0.515 bits per heavy atom. The predicted molar refractivity (Wildman–Crippen MR) is 283 cm³/mol. The number of furan rings is 1. The Labute approximate surface area is 439 Å². The molecule has 0 bridgehead atoms. The third-order valence-electron chi connectivity index (χ3n) is 11.2. The molecule has 0 amide bonds. The van der Waals surface area contributed by atoms with Crippen molar-refractivity contribution in [3.63, 3.8) is 0 Å². The second-order valence-electron chi connectivity index (χ2n) is 18.7. The monoisotopic (exact) mass is 1080 g/mol. The Hall–Kier alpha value is -6.45. The van der Waals surface area contributed by atoms with E-state index in [1.54, 1.807) is 63.4 Å². The van der Waals surface area contributed by atoms with Crippen LogP contribution in [0.25, 0.3) is 88.6 Å². The Bertz CT molecular complexity index is 4050. The molecule has 0 N–H and O–H groups in total. The number of aromatic nitrogens is 2. The number of nitrogens with zero attached hydrogens (tertiary/aromatic N) is 2. The van der Waals surface area contributed by atoms with Gasteiger partial charge >= 0.3 is 0 Å². The van der Waals surface area contributed by atoms with Crippen LogP contribution in [0, 0.1) is 50.4 Å². The smallest absolute Gasteiger partial charge is 0.128 e. The van der Waals surface area contributed by atoms with E-state index in [0.29, 0.717) is 44.8 Å². The molecule has 0 unspecified atom stereocenters. The molecule has 3 nitrogen and oxygen atoms in total. The van der Waals surface area contributed by atoms with Gasteiger partial charge in [0.1, 0.15) is 5.58 Å². The van der Waals surface area contributed by atoms with Crippen molar-refractivity contribution in [2.75, 3.05) is 0 Å². The summed E-state index contributed by atoms with van der Waals surface area (Å²) in [5.74, 6) is 0. The first kappa shape index (κ1) is 31.6. The van der Waals surface area contributed by atoms with Crippen molar-refractivity contribution in [1.29, 1.82) is 0 Å². The summed E-state index contributed by atoms with van der Waals surface area (Å²) < 4.78 is 140. The molecule has 0 atom stereocenters. The molecule has 3 heterocycles. The maximum atomic E-state index is 8.74. The van der Waals surface area contributed by atoms with E-state index in [-0.39, 0.29) is 70.2 Å².